The molecule has 1 atom stereocenters. The number of imide groups is 1. The van der Waals surface area contributed by atoms with Gasteiger partial charge in [-0.2, -0.15) is 4.39 Å². The maximum Gasteiger partial charge on any atom is 0.404 e. The minimum Gasteiger partial charge on any atom is -0.423 e. The van der Waals surface area contributed by atoms with E-state index in [2.05, 4.69) is 0 Å². The molecule has 5 nitrogen and oxygen atoms in total. The summed E-state index contributed by atoms with van der Waals surface area (Å²) in [7, 11) is 0. The van der Waals surface area contributed by atoms with Crippen LogP contribution < -0.4 is 9.47 Å². The Kier molecular flexibility index (Phi) is 2.74. The summed E-state index contributed by atoms with van der Waals surface area (Å²) in [5.74, 6) is 0.0776. The molecule has 2 aliphatic rings. The Morgan fingerprint density at radius 2 is 2.15 bits per heavy atom. The second kappa shape index (κ2) is 4.33. The fourth-order valence-electron chi connectivity index (χ4n) is 2.01. The van der Waals surface area contributed by atoms with E-state index in [1.807, 2.05) is 0 Å². The Bertz CT molecular complexity index is 624. The first-order valence-corrected chi connectivity index (χ1v) is 6.18. The van der Waals surface area contributed by atoms with Gasteiger partial charge in [0.15, 0.2) is 11.5 Å². The Balaban J connectivity index is 1.73. The lowest BCUT2D eigenvalue weighted by atomic mass is 10.1. The first-order valence-electron chi connectivity index (χ1n) is 6.18. The largest absolute Gasteiger partial charge is 0.423 e. The topological polar surface area (TPSA) is 55.8 Å². The molecule has 104 valence electrons. The first-order chi connectivity index (χ1) is 9.44. The quantitative estimate of drug-likeness (QED) is 0.611. The number of nitrogens with zero attached hydrogens (tertiary/aromatic N) is 1. The lowest BCUT2D eigenvalue weighted by Crippen LogP contribution is -2.46. The molecule has 0 spiro atoms. The Morgan fingerprint density at radius 3 is 2.80 bits per heavy atom. The summed E-state index contributed by atoms with van der Waals surface area (Å²) in [6, 6.07) is 2.65. The van der Waals surface area contributed by atoms with Crippen molar-refractivity contribution >= 4 is 17.9 Å². The summed E-state index contributed by atoms with van der Waals surface area (Å²) in [6.07, 6.45) is 3.27. The van der Waals surface area contributed by atoms with Gasteiger partial charge in [-0.05, 0) is 23.8 Å². The standard InChI is InChI=1S/C14H12FNO4/c1-14(15)19-10-4-2-9(8-11(10)20-14)3-5-12(17)16-7-6-13(16)18/h2-5,8H,6-7H2,1H3/b5-3+. The second-order valence-electron chi connectivity index (χ2n) is 4.71. The predicted octanol–water partition coefficient (Wildman–Crippen LogP) is 1.87. The molecule has 1 saturated heterocycles. The third-order valence-corrected chi connectivity index (χ3v) is 3.09. The monoisotopic (exact) mass is 277 g/mol. The molecule has 1 aromatic rings. The van der Waals surface area contributed by atoms with Gasteiger partial charge in [-0.25, -0.2) is 0 Å². The van der Waals surface area contributed by atoms with Crippen LogP contribution in [0.5, 0.6) is 11.5 Å². The number of carbonyl (C=O) groups excluding carboxylic acids is 2. The highest BCUT2D eigenvalue weighted by molar-refractivity contribution is 6.05. The van der Waals surface area contributed by atoms with Crippen molar-refractivity contribution < 1.29 is 23.5 Å². The van der Waals surface area contributed by atoms with Gasteiger partial charge in [0.25, 0.3) is 5.91 Å². The van der Waals surface area contributed by atoms with Crippen molar-refractivity contribution in [3.05, 3.63) is 29.8 Å². The van der Waals surface area contributed by atoms with Gasteiger partial charge in [0.2, 0.25) is 5.91 Å². The molecule has 0 saturated carbocycles. The molecule has 1 unspecified atom stereocenters. The lowest BCUT2D eigenvalue weighted by Gasteiger charge is -2.27. The Morgan fingerprint density at radius 1 is 1.40 bits per heavy atom. The molecule has 20 heavy (non-hydrogen) atoms. The van der Waals surface area contributed by atoms with E-state index in [0.29, 0.717) is 24.3 Å². The average molecular weight is 277 g/mol. The van der Waals surface area contributed by atoms with Crippen LogP contribution in [-0.2, 0) is 9.59 Å². The summed E-state index contributed by atoms with van der Waals surface area (Å²) >= 11 is 0. The third kappa shape index (κ3) is 2.24. The van der Waals surface area contributed by atoms with Gasteiger partial charge in [0, 0.05) is 26.0 Å². The molecule has 0 radical (unpaired) electrons. The molecule has 2 amide bonds. The van der Waals surface area contributed by atoms with E-state index >= 15 is 0 Å². The van der Waals surface area contributed by atoms with Crippen molar-refractivity contribution in [3.63, 3.8) is 0 Å². The number of fused-ring (bicyclic) bond motifs is 1. The number of alkyl halides is 1. The van der Waals surface area contributed by atoms with Gasteiger partial charge in [-0.1, -0.05) is 6.07 Å². The molecule has 2 heterocycles. The van der Waals surface area contributed by atoms with Crippen molar-refractivity contribution in [1.82, 2.24) is 4.90 Å². The zero-order valence-electron chi connectivity index (χ0n) is 10.8. The highest BCUT2D eigenvalue weighted by Crippen LogP contribution is 2.40. The number of ether oxygens (including phenoxy) is 2. The molecule has 6 heteroatoms. The van der Waals surface area contributed by atoms with Gasteiger partial charge in [0.05, 0.1) is 0 Å². The van der Waals surface area contributed by atoms with Crippen LogP contribution in [0.4, 0.5) is 4.39 Å². The molecule has 0 N–H and O–H groups in total. The van der Waals surface area contributed by atoms with Crippen LogP contribution in [0.15, 0.2) is 24.3 Å². The summed E-state index contributed by atoms with van der Waals surface area (Å²) in [6.45, 7) is 1.63. The normalized spacial score (nSPS) is 24.1. The summed E-state index contributed by atoms with van der Waals surface area (Å²) in [5.41, 5.74) is 0.659. The van der Waals surface area contributed by atoms with E-state index in [-0.39, 0.29) is 17.6 Å². The molecular weight excluding hydrogens is 265 g/mol. The van der Waals surface area contributed by atoms with Crippen molar-refractivity contribution in [2.75, 3.05) is 6.54 Å². The maximum atomic E-state index is 13.5. The summed E-state index contributed by atoms with van der Waals surface area (Å²) in [4.78, 5) is 23.9. The number of carbonyl (C=O) groups is 2. The van der Waals surface area contributed by atoms with E-state index in [1.54, 1.807) is 24.3 Å². The van der Waals surface area contributed by atoms with Gasteiger partial charge in [-0.3, -0.25) is 14.5 Å². The van der Waals surface area contributed by atoms with Crippen molar-refractivity contribution in [1.29, 1.82) is 0 Å². The number of β-lactam (4-membered cyclic amide) rings is 1. The third-order valence-electron chi connectivity index (χ3n) is 3.09. The van der Waals surface area contributed by atoms with Crippen LogP contribution in [0.2, 0.25) is 0 Å². The Labute approximate surface area is 114 Å². The minimum atomic E-state index is -2.16. The van der Waals surface area contributed by atoms with Crippen molar-refractivity contribution in [2.45, 2.75) is 19.4 Å². The summed E-state index contributed by atoms with van der Waals surface area (Å²) < 4.78 is 23.4. The van der Waals surface area contributed by atoms with Crippen LogP contribution in [-0.4, -0.2) is 29.3 Å². The number of amides is 2. The number of rotatable bonds is 2. The van der Waals surface area contributed by atoms with E-state index in [9.17, 15) is 14.0 Å². The molecule has 0 aromatic heterocycles. The highest BCUT2D eigenvalue weighted by Gasteiger charge is 2.36. The smallest absolute Gasteiger partial charge is 0.404 e. The number of hydrogen-bond acceptors (Lipinski definition) is 4. The van der Waals surface area contributed by atoms with E-state index in [1.165, 1.54) is 17.9 Å². The molecule has 0 aliphatic carbocycles. The SMILES string of the molecule is CC1(F)Oc2ccc(/C=C/C(=O)N3CCC3=O)cc2O1. The zero-order chi connectivity index (χ0) is 14.3. The van der Waals surface area contributed by atoms with Crippen LogP contribution in [0.1, 0.15) is 18.9 Å². The van der Waals surface area contributed by atoms with Crippen LogP contribution >= 0.6 is 0 Å². The molecule has 1 fully saturated rings. The predicted molar refractivity (Wildman–Crippen MR) is 67.6 cm³/mol. The molecule has 3 rings (SSSR count). The summed E-state index contributed by atoms with van der Waals surface area (Å²) in [5, 5.41) is 0. The number of hydrogen-bond donors (Lipinski definition) is 0. The van der Waals surface area contributed by atoms with E-state index in [0.717, 1.165) is 0 Å². The van der Waals surface area contributed by atoms with Gasteiger partial charge in [-0.15, -0.1) is 0 Å². The van der Waals surface area contributed by atoms with Crippen LogP contribution in [0, 0.1) is 0 Å². The minimum absolute atomic E-state index is 0.168. The van der Waals surface area contributed by atoms with Crippen LogP contribution in [0.3, 0.4) is 0 Å². The first kappa shape index (κ1) is 12.7. The van der Waals surface area contributed by atoms with Gasteiger partial charge in [0.1, 0.15) is 0 Å². The fraction of sp³-hybridized carbons (Fsp3) is 0.286. The van der Waals surface area contributed by atoms with Crippen LogP contribution in [0.25, 0.3) is 6.08 Å². The van der Waals surface area contributed by atoms with Gasteiger partial charge >= 0.3 is 6.04 Å². The molecule has 0 bridgehead atoms. The fourth-order valence-corrected chi connectivity index (χ4v) is 2.01. The molecular formula is C14H12FNO4. The average Bonchev–Trinajstić information content (AvgIpc) is 2.67. The molecule has 1 aromatic carbocycles. The molecule has 2 aliphatic heterocycles. The van der Waals surface area contributed by atoms with Crippen molar-refractivity contribution in [3.8, 4) is 11.5 Å². The number of benzene rings is 1. The van der Waals surface area contributed by atoms with Gasteiger partial charge < -0.3 is 9.47 Å². The van der Waals surface area contributed by atoms with Crippen molar-refractivity contribution in [2.24, 2.45) is 0 Å². The number of halogens is 1. The number of likely N-dealkylation sites (tertiary alicyclic amines) is 1. The highest BCUT2D eigenvalue weighted by atomic mass is 19.2. The van der Waals surface area contributed by atoms with E-state index in [4.69, 9.17) is 9.47 Å². The Hall–Kier alpha value is -2.37. The zero-order valence-corrected chi connectivity index (χ0v) is 10.8. The second-order valence-corrected chi connectivity index (χ2v) is 4.71. The maximum absolute atomic E-state index is 13.5. The lowest BCUT2D eigenvalue weighted by molar-refractivity contribution is -0.173. The van der Waals surface area contributed by atoms with E-state index < -0.39 is 6.04 Å².